The molecule has 0 aliphatic carbocycles. The van der Waals surface area contributed by atoms with E-state index >= 15 is 0 Å². The van der Waals surface area contributed by atoms with Crippen LogP contribution in [-0.2, 0) is 11.3 Å². The molecular formula is C16H19FN4OS. The summed E-state index contributed by atoms with van der Waals surface area (Å²) in [6.45, 7) is 8.53. The van der Waals surface area contributed by atoms with E-state index in [2.05, 4.69) is 22.1 Å². The van der Waals surface area contributed by atoms with Gasteiger partial charge in [0.05, 0.1) is 5.25 Å². The van der Waals surface area contributed by atoms with E-state index < -0.39 is 0 Å². The first-order valence-corrected chi connectivity index (χ1v) is 8.19. The number of allylic oxidation sites excluding steroid dienone is 1. The van der Waals surface area contributed by atoms with Crippen molar-refractivity contribution in [1.82, 2.24) is 20.1 Å². The molecule has 0 aliphatic heterocycles. The summed E-state index contributed by atoms with van der Waals surface area (Å²) in [5.41, 5.74) is 0.762. The first-order valence-electron chi connectivity index (χ1n) is 7.31. The highest BCUT2D eigenvalue weighted by atomic mass is 32.2. The number of hydrogen-bond acceptors (Lipinski definition) is 4. The summed E-state index contributed by atoms with van der Waals surface area (Å²) in [6, 6.07) is 6.07. The van der Waals surface area contributed by atoms with E-state index in [-0.39, 0.29) is 17.0 Å². The molecule has 5 nitrogen and oxygen atoms in total. The average molecular weight is 334 g/mol. The molecule has 122 valence electrons. The van der Waals surface area contributed by atoms with Crippen LogP contribution in [0.25, 0.3) is 11.4 Å². The van der Waals surface area contributed by atoms with Crippen molar-refractivity contribution >= 4 is 17.7 Å². The highest BCUT2D eigenvalue weighted by Crippen LogP contribution is 2.27. The van der Waals surface area contributed by atoms with Gasteiger partial charge in [-0.15, -0.1) is 16.8 Å². The molecule has 1 heterocycles. The van der Waals surface area contributed by atoms with Crippen LogP contribution in [0.1, 0.15) is 13.8 Å². The van der Waals surface area contributed by atoms with Crippen LogP contribution in [0.3, 0.4) is 0 Å². The van der Waals surface area contributed by atoms with Gasteiger partial charge in [0.2, 0.25) is 5.91 Å². The number of carbonyl (C=O) groups is 1. The van der Waals surface area contributed by atoms with Gasteiger partial charge in [-0.25, -0.2) is 4.39 Å². The number of aromatic nitrogens is 3. The Labute approximate surface area is 139 Å². The van der Waals surface area contributed by atoms with E-state index in [0.717, 1.165) is 5.56 Å². The number of rotatable bonds is 7. The fourth-order valence-corrected chi connectivity index (χ4v) is 2.89. The maximum atomic E-state index is 13.1. The van der Waals surface area contributed by atoms with E-state index in [0.29, 0.717) is 24.1 Å². The standard InChI is InChI=1S/C16H19FN4OS/c1-4-10-21-14(12-6-8-13(17)9-7-12)19-20-16(21)23-11(3)15(22)18-5-2/h4,6-9,11H,1,5,10H2,2-3H3,(H,18,22)/t11-/m0/s1. The van der Waals surface area contributed by atoms with Gasteiger partial charge >= 0.3 is 0 Å². The number of carbonyl (C=O) groups excluding carboxylic acids is 1. The fraction of sp³-hybridized carbons (Fsp3) is 0.312. The Kier molecular flexibility index (Phi) is 5.92. The molecule has 2 rings (SSSR count). The fourth-order valence-electron chi connectivity index (χ4n) is 2.01. The van der Waals surface area contributed by atoms with Gasteiger partial charge in [-0.2, -0.15) is 0 Å². The Morgan fingerprint density at radius 3 is 2.74 bits per heavy atom. The van der Waals surface area contributed by atoms with E-state index in [4.69, 9.17) is 0 Å². The Balaban J connectivity index is 2.29. The largest absolute Gasteiger partial charge is 0.355 e. The zero-order valence-electron chi connectivity index (χ0n) is 13.1. The predicted molar refractivity (Wildman–Crippen MR) is 89.6 cm³/mol. The van der Waals surface area contributed by atoms with Crippen LogP contribution < -0.4 is 5.32 Å². The van der Waals surface area contributed by atoms with Crippen molar-refractivity contribution in [2.45, 2.75) is 30.8 Å². The van der Waals surface area contributed by atoms with E-state index in [1.54, 1.807) is 18.2 Å². The summed E-state index contributed by atoms with van der Waals surface area (Å²) >= 11 is 1.33. The van der Waals surface area contributed by atoms with Gasteiger partial charge in [0.1, 0.15) is 5.82 Å². The molecule has 7 heteroatoms. The quantitative estimate of drug-likeness (QED) is 0.625. The summed E-state index contributed by atoms with van der Waals surface area (Å²) in [5, 5.41) is 11.5. The van der Waals surface area contributed by atoms with Gasteiger partial charge in [0, 0.05) is 18.7 Å². The van der Waals surface area contributed by atoms with Crippen molar-refractivity contribution in [3.8, 4) is 11.4 Å². The monoisotopic (exact) mass is 334 g/mol. The average Bonchev–Trinajstić information content (AvgIpc) is 2.91. The van der Waals surface area contributed by atoms with Crippen LogP contribution in [0.5, 0.6) is 0 Å². The van der Waals surface area contributed by atoms with Crippen molar-refractivity contribution < 1.29 is 9.18 Å². The first-order chi connectivity index (χ1) is 11.1. The second kappa shape index (κ2) is 7.92. The molecule has 0 fully saturated rings. The summed E-state index contributed by atoms with van der Waals surface area (Å²) in [7, 11) is 0. The van der Waals surface area contributed by atoms with Crippen molar-refractivity contribution in [1.29, 1.82) is 0 Å². The third-order valence-electron chi connectivity index (χ3n) is 3.13. The van der Waals surface area contributed by atoms with Gasteiger partial charge in [-0.3, -0.25) is 9.36 Å². The molecule has 0 bridgehead atoms. The zero-order valence-corrected chi connectivity index (χ0v) is 13.9. The summed E-state index contributed by atoms with van der Waals surface area (Å²) in [5.74, 6) is 0.271. The van der Waals surface area contributed by atoms with E-state index in [1.807, 2.05) is 18.4 Å². The number of nitrogens with one attached hydrogen (secondary N) is 1. The van der Waals surface area contributed by atoms with Crippen LogP contribution in [0.15, 0.2) is 42.1 Å². The maximum absolute atomic E-state index is 13.1. The molecule has 1 N–H and O–H groups in total. The van der Waals surface area contributed by atoms with Gasteiger partial charge < -0.3 is 5.32 Å². The van der Waals surface area contributed by atoms with Crippen LogP contribution in [0.4, 0.5) is 4.39 Å². The number of thioether (sulfide) groups is 1. The van der Waals surface area contributed by atoms with E-state index in [9.17, 15) is 9.18 Å². The Morgan fingerprint density at radius 1 is 1.43 bits per heavy atom. The minimum absolute atomic E-state index is 0.0472. The SMILES string of the molecule is C=CCn1c(S[C@@H](C)C(=O)NCC)nnc1-c1ccc(F)cc1. The molecule has 2 aromatic rings. The number of amides is 1. The highest BCUT2D eigenvalue weighted by Gasteiger charge is 2.20. The van der Waals surface area contributed by atoms with Crippen LogP contribution in [0, 0.1) is 5.82 Å². The third-order valence-corrected chi connectivity index (χ3v) is 4.21. The topological polar surface area (TPSA) is 59.8 Å². The van der Waals surface area contributed by atoms with Crippen molar-refractivity contribution in [2.75, 3.05) is 6.54 Å². The van der Waals surface area contributed by atoms with Crippen LogP contribution in [0.2, 0.25) is 0 Å². The predicted octanol–water partition coefficient (Wildman–Crippen LogP) is 2.89. The molecule has 0 saturated carbocycles. The third kappa shape index (κ3) is 4.19. The molecule has 0 spiro atoms. The maximum Gasteiger partial charge on any atom is 0.233 e. The lowest BCUT2D eigenvalue weighted by Crippen LogP contribution is -2.30. The summed E-state index contributed by atoms with van der Waals surface area (Å²) < 4.78 is 14.9. The minimum Gasteiger partial charge on any atom is -0.355 e. The lowest BCUT2D eigenvalue weighted by Gasteiger charge is -2.12. The molecule has 23 heavy (non-hydrogen) atoms. The van der Waals surface area contributed by atoms with E-state index in [1.165, 1.54) is 23.9 Å². The van der Waals surface area contributed by atoms with Crippen molar-refractivity contribution in [2.24, 2.45) is 0 Å². The van der Waals surface area contributed by atoms with Gasteiger partial charge in [-0.1, -0.05) is 17.8 Å². The molecular weight excluding hydrogens is 315 g/mol. The van der Waals surface area contributed by atoms with Crippen molar-refractivity contribution in [3.63, 3.8) is 0 Å². The number of halogens is 1. The summed E-state index contributed by atoms with van der Waals surface area (Å²) in [6.07, 6.45) is 1.73. The summed E-state index contributed by atoms with van der Waals surface area (Å²) in [4.78, 5) is 11.9. The minimum atomic E-state index is -0.303. The number of benzene rings is 1. The van der Waals surface area contributed by atoms with Gasteiger partial charge in [0.15, 0.2) is 11.0 Å². The molecule has 1 atom stereocenters. The molecule has 0 unspecified atom stereocenters. The second-order valence-electron chi connectivity index (χ2n) is 4.87. The molecule has 0 saturated heterocycles. The zero-order chi connectivity index (χ0) is 16.8. The Hall–Kier alpha value is -2.15. The number of nitrogens with zero attached hydrogens (tertiary/aromatic N) is 3. The molecule has 1 aromatic carbocycles. The lowest BCUT2D eigenvalue weighted by molar-refractivity contribution is -0.120. The Morgan fingerprint density at radius 2 is 2.13 bits per heavy atom. The molecule has 1 amide bonds. The van der Waals surface area contributed by atoms with Crippen LogP contribution in [-0.4, -0.2) is 32.5 Å². The van der Waals surface area contributed by atoms with Gasteiger partial charge in [0.25, 0.3) is 0 Å². The Bertz CT molecular complexity index is 684. The molecule has 0 aliphatic rings. The van der Waals surface area contributed by atoms with Crippen LogP contribution >= 0.6 is 11.8 Å². The second-order valence-corrected chi connectivity index (χ2v) is 6.17. The molecule has 1 aromatic heterocycles. The lowest BCUT2D eigenvalue weighted by atomic mass is 10.2. The molecule has 0 radical (unpaired) electrons. The number of hydrogen-bond donors (Lipinski definition) is 1. The highest BCUT2D eigenvalue weighted by molar-refractivity contribution is 8.00. The normalized spacial score (nSPS) is 12.0. The van der Waals surface area contributed by atoms with Gasteiger partial charge in [-0.05, 0) is 38.1 Å². The van der Waals surface area contributed by atoms with Crippen molar-refractivity contribution in [3.05, 3.63) is 42.7 Å². The smallest absolute Gasteiger partial charge is 0.233 e. The first kappa shape index (κ1) is 17.2.